The Morgan fingerprint density at radius 1 is 1.26 bits per heavy atom. The lowest BCUT2D eigenvalue weighted by atomic mass is 10.2. The van der Waals surface area contributed by atoms with E-state index < -0.39 is 0 Å². The first kappa shape index (κ1) is 17.8. The molecule has 1 aliphatic rings. The van der Waals surface area contributed by atoms with E-state index in [2.05, 4.69) is 22.4 Å². The number of quaternary nitrogens is 1. The summed E-state index contributed by atoms with van der Waals surface area (Å²) in [4.78, 5) is 27.5. The fourth-order valence-corrected chi connectivity index (χ4v) is 3.27. The third kappa shape index (κ3) is 5.24. The van der Waals surface area contributed by atoms with Gasteiger partial charge in [-0.05, 0) is 6.92 Å². The van der Waals surface area contributed by atoms with Gasteiger partial charge in [0.2, 0.25) is 16.9 Å². The molecule has 0 spiro atoms. The molecule has 1 aliphatic heterocycles. The molecule has 0 atom stereocenters. The standard InChI is InChI=1S/C15H25N5O2S/c1-4-19-7-9-20(10-8-19)13(22)6-5-12(21)16-15-18-17-14(23-15)11(2)3/h11H,4-10H2,1-3H3,(H,16,18,21)/p+1. The molecular formula is C15H26N5O2S+. The van der Waals surface area contributed by atoms with E-state index in [1.807, 2.05) is 18.7 Å². The lowest BCUT2D eigenvalue weighted by molar-refractivity contribution is -0.902. The largest absolute Gasteiger partial charge is 0.332 e. The molecule has 2 amide bonds. The highest BCUT2D eigenvalue weighted by molar-refractivity contribution is 7.15. The third-order valence-corrected chi connectivity index (χ3v) is 5.21. The first-order chi connectivity index (χ1) is 11.0. The van der Waals surface area contributed by atoms with E-state index in [0.29, 0.717) is 11.0 Å². The maximum absolute atomic E-state index is 12.2. The SMILES string of the molecule is CC[NH+]1CCN(C(=O)CCC(=O)Nc2nnc(C(C)C)s2)CC1. The first-order valence-corrected chi connectivity index (χ1v) is 9.05. The van der Waals surface area contributed by atoms with E-state index in [1.54, 1.807) is 0 Å². The molecule has 0 radical (unpaired) electrons. The van der Waals surface area contributed by atoms with Crippen molar-refractivity contribution in [2.24, 2.45) is 0 Å². The number of amides is 2. The number of hydrogen-bond acceptors (Lipinski definition) is 5. The highest BCUT2D eigenvalue weighted by Gasteiger charge is 2.23. The van der Waals surface area contributed by atoms with Crippen LogP contribution >= 0.6 is 11.3 Å². The molecular weight excluding hydrogens is 314 g/mol. The molecule has 0 aliphatic carbocycles. The van der Waals surface area contributed by atoms with Crippen LogP contribution in [0.25, 0.3) is 0 Å². The Bertz CT molecular complexity index is 538. The molecule has 0 unspecified atom stereocenters. The monoisotopic (exact) mass is 340 g/mol. The summed E-state index contributed by atoms with van der Waals surface area (Å²) in [7, 11) is 0. The quantitative estimate of drug-likeness (QED) is 0.771. The summed E-state index contributed by atoms with van der Waals surface area (Å²) >= 11 is 1.38. The van der Waals surface area contributed by atoms with Crippen molar-refractivity contribution in [3.8, 4) is 0 Å². The predicted molar refractivity (Wildman–Crippen MR) is 89.7 cm³/mol. The van der Waals surface area contributed by atoms with Gasteiger partial charge in [-0.25, -0.2) is 0 Å². The molecule has 2 rings (SSSR count). The lowest BCUT2D eigenvalue weighted by Crippen LogP contribution is -3.14. The lowest BCUT2D eigenvalue weighted by Gasteiger charge is -2.31. The van der Waals surface area contributed by atoms with E-state index in [9.17, 15) is 9.59 Å². The van der Waals surface area contributed by atoms with Gasteiger partial charge < -0.3 is 15.1 Å². The Hall–Kier alpha value is -1.54. The number of nitrogens with zero attached hydrogens (tertiary/aromatic N) is 3. The van der Waals surface area contributed by atoms with Gasteiger partial charge in [-0.1, -0.05) is 25.2 Å². The maximum atomic E-state index is 12.2. The smallest absolute Gasteiger partial charge is 0.226 e. The summed E-state index contributed by atoms with van der Waals surface area (Å²) in [6, 6.07) is 0. The second-order valence-electron chi connectivity index (χ2n) is 6.13. The highest BCUT2D eigenvalue weighted by atomic mass is 32.1. The number of rotatable bonds is 6. The topological polar surface area (TPSA) is 79.6 Å². The van der Waals surface area contributed by atoms with Gasteiger partial charge >= 0.3 is 0 Å². The van der Waals surface area contributed by atoms with Crippen molar-refractivity contribution in [1.29, 1.82) is 0 Å². The van der Waals surface area contributed by atoms with Crippen LogP contribution < -0.4 is 10.2 Å². The van der Waals surface area contributed by atoms with Crippen LogP contribution in [0.2, 0.25) is 0 Å². The van der Waals surface area contributed by atoms with Gasteiger partial charge in [0.1, 0.15) is 5.01 Å². The number of likely N-dealkylation sites (N-methyl/N-ethyl adjacent to an activating group) is 1. The Kier molecular flexibility index (Phi) is 6.47. The van der Waals surface area contributed by atoms with Crippen LogP contribution in [-0.4, -0.2) is 59.6 Å². The van der Waals surface area contributed by atoms with E-state index in [4.69, 9.17) is 0 Å². The summed E-state index contributed by atoms with van der Waals surface area (Å²) in [5.41, 5.74) is 0. The van der Waals surface area contributed by atoms with E-state index in [-0.39, 0.29) is 24.7 Å². The van der Waals surface area contributed by atoms with Crippen LogP contribution in [0.4, 0.5) is 5.13 Å². The number of carbonyl (C=O) groups excluding carboxylic acids is 2. The summed E-state index contributed by atoms with van der Waals surface area (Å²) in [6.45, 7) is 10.9. The number of nitrogens with one attached hydrogen (secondary N) is 2. The molecule has 8 heteroatoms. The van der Waals surface area contributed by atoms with Gasteiger partial charge in [-0.15, -0.1) is 10.2 Å². The van der Waals surface area contributed by atoms with Gasteiger partial charge in [0, 0.05) is 18.8 Å². The second kappa shape index (κ2) is 8.35. The van der Waals surface area contributed by atoms with Gasteiger partial charge in [0.05, 0.1) is 32.7 Å². The van der Waals surface area contributed by atoms with Crippen molar-refractivity contribution in [3.63, 3.8) is 0 Å². The Balaban J connectivity index is 1.72. The first-order valence-electron chi connectivity index (χ1n) is 8.24. The van der Waals surface area contributed by atoms with Crippen molar-refractivity contribution >= 4 is 28.3 Å². The average Bonchev–Trinajstić information content (AvgIpc) is 3.01. The van der Waals surface area contributed by atoms with E-state index in [1.165, 1.54) is 16.2 Å². The van der Waals surface area contributed by atoms with Gasteiger partial charge in [0.15, 0.2) is 0 Å². The zero-order valence-electron chi connectivity index (χ0n) is 14.1. The number of piperazine rings is 1. The zero-order valence-corrected chi connectivity index (χ0v) is 14.9. The van der Waals surface area contributed by atoms with Crippen LogP contribution in [0.5, 0.6) is 0 Å². The van der Waals surface area contributed by atoms with Crippen LogP contribution in [0.3, 0.4) is 0 Å². The normalized spacial score (nSPS) is 15.9. The number of aromatic nitrogens is 2. The van der Waals surface area contributed by atoms with Gasteiger partial charge in [-0.2, -0.15) is 0 Å². The fraction of sp³-hybridized carbons (Fsp3) is 0.733. The summed E-state index contributed by atoms with van der Waals surface area (Å²) in [5.74, 6) is 0.182. The number of anilines is 1. The molecule has 23 heavy (non-hydrogen) atoms. The zero-order chi connectivity index (χ0) is 16.8. The fourth-order valence-electron chi connectivity index (χ4n) is 2.50. The summed E-state index contributed by atoms with van der Waals surface area (Å²) in [6.07, 6.45) is 0.444. The molecule has 1 aromatic heterocycles. The van der Waals surface area contributed by atoms with Crippen LogP contribution in [0, 0.1) is 0 Å². The minimum Gasteiger partial charge on any atom is -0.332 e. The van der Waals surface area contributed by atoms with E-state index in [0.717, 1.165) is 37.7 Å². The molecule has 0 saturated carbocycles. The average molecular weight is 340 g/mol. The van der Waals surface area contributed by atoms with Crippen LogP contribution in [-0.2, 0) is 9.59 Å². The van der Waals surface area contributed by atoms with Crippen molar-refractivity contribution in [2.75, 3.05) is 38.0 Å². The molecule has 1 aromatic rings. The molecule has 2 heterocycles. The summed E-state index contributed by atoms with van der Waals surface area (Å²) < 4.78 is 0. The molecule has 7 nitrogen and oxygen atoms in total. The van der Waals surface area contributed by atoms with Gasteiger partial charge in [0.25, 0.3) is 0 Å². The Morgan fingerprint density at radius 3 is 2.52 bits per heavy atom. The second-order valence-corrected chi connectivity index (χ2v) is 7.14. The van der Waals surface area contributed by atoms with Gasteiger partial charge in [-0.3, -0.25) is 9.59 Å². The molecule has 128 valence electrons. The van der Waals surface area contributed by atoms with Crippen molar-refractivity contribution in [1.82, 2.24) is 15.1 Å². The Labute approximate surface area is 141 Å². The van der Waals surface area contributed by atoms with Crippen molar-refractivity contribution in [2.45, 2.75) is 39.5 Å². The molecule has 1 fully saturated rings. The highest BCUT2D eigenvalue weighted by Crippen LogP contribution is 2.22. The molecule has 0 bridgehead atoms. The maximum Gasteiger partial charge on any atom is 0.226 e. The van der Waals surface area contributed by atoms with Crippen LogP contribution in [0.15, 0.2) is 0 Å². The minimum absolute atomic E-state index is 0.0652. The number of hydrogen-bond donors (Lipinski definition) is 2. The summed E-state index contributed by atoms with van der Waals surface area (Å²) in [5, 5.41) is 12.1. The number of carbonyl (C=O) groups is 2. The molecule has 0 aromatic carbocycles. The van der Waals surface area contributed by atoms with Crippen molar-refractivity contribution in [3.05, 3.63) is 5.01 Å². The Morgan fingerprint density at radius 2 is 1.96 bits per heavy atom. The molecule has 2 N–H and O–H groups in total. The van der Waals surface area contributed by atoms with E-state index >= 15 is 0 Å². The van der Waals surface area contributed by atoms with Crippen LogP contribution in [0.1, 0.15) is 44.5 Å². The minimum atomic E-state index is -0.178. The molecule has 1 saturated heterocycles. The third-order valence-electron chi connectivity index (χ3n) is 4.07. The van der Waals surface area contributed by atoms with Crippen molar-refractivity contribution < 1.29 is 14.5 Å². The predicted octanol–water partition coefficient (Wildman–Crippen LogP) is 0.127.